The molecule has 4 aliphatic rings. The number of benzene rings is 2. The molecule has 6 nitrogen and oxygen atoms in total. The third kappa shape index (κ3) is 7.74. The van der Waals surface area contributed by atoms with Gasteiger partial charge in [0.1, 0.15) is 23.8 Å². The van der Waals surface area contributed by atoms with Crippen LogP contribution >= 0.6 is 0 Å². The van der Waals surface area contributed by atoms with Crippen LogP contribution in [0.4, 0.5) is 18.9 Å². The second-order valence-electron chi connectivity index (χ2n) is 16.4. The molecular formula is C45H49F3N4O2Si. The molecule has 0 saturated heterocycles. The lowest BCUT2D eigenvalue weighted by Crippen LogP contribution is -2.48. The zero-order valence-electron chi connectivity index (χ0n) is 32.9. The van der Waals surface area contributed by atoms with Crippen LogP contribution in [0.25, 0.3) is 6.08 Å². The Morgan fingerprint density at radius 1 is 0.964 bits per heavy atom. The third-order valence-electron chi connectivity index (χ3n) is 12.0. The van der Waals surface area contributed by atoms with Crippen molar-refractivity contribution in [1.82, 2.24) is 0 Å². The van der Waals surface area contributed by atoms with E-state index in [1.807, 2.05) is 0 Å². The Morgan fingerprint density at radius 3 is 2.16 bits per heavy atom. The summed E-state index contributed by atoms with van der Waals surface area (Å²) in [7, 11) is -1.82. The van der Waals surface area contributed by atoms with Gasteiger partial charge in [-0.1, -0.05) is 114 Å². The summed E-state index contributed by atoms with van der Waals surface area (Å²) in [6.07, 6.45) is 6.74. The molecule has 55 heavy (non-hydrogen) atoms. The minimum atomic E-state index is -5.04. The van der Waals surface area contributed by atoms with Gasteiger partial charge in [0.25, 0.3) is 5.60 Å². The Balaban J connectivity index is 1.43. The van der Waals surface area contributed by atoms with E-state index in [9.17, 15) is 15.8 Å². The Morgan fingerprint density at radius 2 is 1.62 bits per heavy atom. The smallest absolute Gasteiger partial charge is 0.437 e. The first-order valence-electron chi connectivity index (χ1n) is 18.6. The first-order valence-corrected chi connectivity index (χ1v) is 21.5. The number of hydrogen-bond acceptors (Lipinski definition) is 6. The maximum Gasteiger partial charge on any atom is 0.437 e. The van der Waals surface area contributed by atoms with Crippen molar-refractivity contribution in [2.24, 2.45) is 17.3 Å². The number of nitrogens with zero attached hydrogens (tertiary/aromatic N) is 4. The van der Waals surface area contributed by atoms with Gasteiger partial charge in [-0.05, 0) is 77.6 Å². The number of rotatable bonds is 11. The first kappa shape index (κ1) is 41.1. The van der Waals surface area contributed by atoms with Crippen molar-refractivity contribution in [3.8, 4) is 18.2 Å². The lowest BCUT2D eigenvalue weighted by atomic mass is 9.47. The van der Waals surface area contributed by atoms with Crippen molar-refractivity contribution in [3.63, 3.8) is 0 Å². The molecule has 3 aliphatic carbocycles. The Hall–Kier alpha value is -5.08. The van der Waals surface area contributed by atoms with Gasteiger partial charge in [0.2, 0.25) is 0 Å². The highest BCUT2D eigenvalue weighted by molar-refractivity contribution is 6.74. The van der Waals surface area contributed by atoms with Crippen molar-refractivity contribution >= 4 is 20.1 Å². The van der Waals surface area contributed by atoms with Crippen LogP contribution in [-0.2, 0) is 14.8 Å². The number of nitriles is 3. The summed E-state index contributed by atoms with van der Waals surface area (Å²) < 4.78 is 57.6. The zero-order chi connectivity index (χ0) is 40.4. The maximum atomic E-state index is 15.2. The van der Waals surface area contributed by atoms with E-state index in [1.54, 1.807) is 30.4 Å². The molecule has 10 heteroatoms. The second-order valence-corrected chi connectivity index (χ2v) is 21.2. The van der Waals surface area contributed by atoms with Gasteiger partial charge in [0, 0.05) is 29.9 Å². The lowest BCUT2D eigenvalue weighted by molar-refractivity contribution is -0.249. The molecule has 0 N–H and O–H groups in total. The lowest BCUT2D eigenvalue weighted by Gasteiger charge is -2.57. The molecule has 0 radical (unpaired) electrons. The molecule has 3 unspecified atom stereocenters. The second kappa shape index (κ2) is 15.6. The van der Waals surface area contributed by atoms with Crippen molar-refractivity contribution < 1.29 is 22.3 Å². The molecule has 6 rings (SSSR count). The molecule has 1 aliphatic heterocycles. The summed E-state index contributed by atoms with van der Waals surface area (Å²) in [6.45, 7) is 20.2. The van der Waals surface area contributed by atoms with Gasteiger partial charge >= 0.3 is 6.18 Å². The predicted octanol–water partition coefficient (Wildman–Crippen LogP) is 11.2. The number of likely N-dealkylation sites (N-methyl/N-ethyl adjacent to an activating group) is 1. The Bertz CT molecular complexity index is 2080. The van der Waals surface area contributed by atoms with Crippen molar-refractivity contribution in [3.05, 3.63) is 130 Å². The summed E-state index contributed by atoms with van der Waals surface area (Å²) in [5, 5.41) is 29.4. The highest BCUT2D eigenvalue weighted by Gasteiger charge is 2.65. The van der Waals surface area contributed by atoms with Crippen molar-refractivity contribution in [2.75, 3.05) is 24.6 Å². The van der Waals surface area contributed by atoms with E-state index in [2.05, 4.69) is 102 Å². The van der Waals surface area contributed by atoms with Gasteiger partial charge in [0.05, 0.1) is 6.61 Å². The summed E-state index contributed by atoms with van der Waals surface area (Å²) in [6, 6.07) is 20.4. The standard InChI is InChI=1S/C45H49F3N4O2Si/c1-9-52(24-25-53-55(7,8)42(2,3)4)36-22-19-31(20-23-36)18-21-33-26-32(39-27-40(33)43(39,5)6)14-13-17-38-37(30-51)41(34(28-49)29-50)54-44(38,45(46,47)48)35-15-11-10-12-16-35/h10-23,26,39-40H,9,24-25,27H2,1-8H3/b17-13+,21-18+,32-14-. The van der Waals surface area contributed by atoms with Crippen molar-refractivity contribution in [2.45, 2.75) is 77.9 Å². The Labute approximate surface area is 325 Å². The minimum absolute atomic E-state index is 0.0657. The third-order valence-corrected chi connectivity index (χ3v) is 16.5. The molecule has 0 amide bonds. The van der Waals surface area contributed by atoms with Crippen LogP contribution in [0.2, 0.25) is 18.1 Å². The monoisotopic (exact) mass is 762 g/mol. The van der Waals surface area contributed by atoms with E-state index in [-0.39, 0.29) is 21.9 Å². The number of fused-ring (bicyclic) bond motifs is 1. The average Bonchev–Trinajstić information content (AvgIpc) is 3.48. The van der Waals surface area contributed by atoms with Crippen molar-refractivity contribution in [1.29, 1.82) is 15.8 Å². The molecule has 1 fully saturated rings. The van der Waals surface area contributed by atoms with Crippen LogP contribution in [0.1, 0.15) is 59.1 Å². The summed E-state index contributed by atoms with van der Waals surface area (Å²) in [5.74, 6) is -0.148. The van der Waals surface area contributed by atoms with E-state index >= 15 is 13.2 Å². The summed E-state index contributed by atoms with van der Waals surface area (Å²) in [4.78, 5) is 2.32. The number of anilines is 1. The summed E-state index contributed by atoms with van der Waals surface area (Å²) in [5.41, 5.74) is -0.823. The fraction of sp³-hybridized carbons (Fsp3) is 0.400. The van der Waals surface area contributed by atoms with Gasteiger partial charge in [0.15, 0.2) is 19.6 Å². The van der Waals surface area contributed by atoms with Gasteiger partial charge in [-0.25, -0.2) is 0 Å². The van der Waals surface area contributed by atoms with Crippen LogP contribution in [0.15, 0.2) is 119 Å². The molecule has 2 bridgehead atoms. The van der Waals surface area contributed by atoms with Gasteiger partial charge in [-0.2, -0.15) is 29.0 Å². The van der Waals surface area contributed by atoms with E-state index in [0.29, 0.717) is 12.5 Å². The van der Waals surface area contributed by atoms with E-state index in [0.717, 1.165) is 41.9 Å². The number of hydrogen-bond donors (Lipinski definition) is 0. The fourth-order valence-corrected chi connectivity index (χ4v) is 8.59. The van der Waals surface area contributed by atoms with Gasteiger partial charge in [-0.15, -0.1) is 0 Å². The summed E-state index contributed by atoms with van der Waals surface area (Å²) >= 11 is 0. The Kier molecular flexibility index (Phi) is 11.6. The molecule has 3 atom stereocenters. The predicted molar refractivity (Wildman–Crippen MR) is 213 cm³/mol. The number of ether oxygens (including phenoxy) is 1. The van der Waals surface area contributed by atoms with Crippen LogP contribution in [-0.4, -0.2) is 34.2 Å². The molecule has 2 aromatic rings. The average molecular weight is 763 g/mol. The van der Waals surface area contributed by atoms with Crippen LogP contribution in [0.3, 0.4) is 0 Å². The fourth-order valence-electron chi connectivity index (χ4n) is 7.55. The number of allylic oxidation sites excluding steroid dienone is 8. The molecule has 0 spiro atoms. The van der Waals surface area contributed by atoms with Crippen LogP contribution in [0.5, 0.6) is 0 Å². The van der Waals surface area contributed by atoms with Gasteiger partial charge < -0.3 is 14.1 Å². The van der Waals surface area contributed by atoms with E-state index in [1.165, 1.54) is 36.4 Å². The van der Waals surface area contributed by atoms with E-state index in [4.69, 9.17) is 9.16 Å². The highest BCUT2D eigenvalue weighted by Crippen LogP contribution is 2.61. The molecule has 2 aromatic carbocycles. The molecule has 1 heterocycles. The van der Waals surface area contributed by atoms with E-state index < -0.39 is 42.6 Å². The quantitative estimate of drug-likeness (QED) is 0.167. The molecule has 0 aromatic heterocycles. The number of alkyl halides is 3. The normalized spacial score (nSPS) is 22.9. The SMILES string of the molecule is CCN(CCO[Si](C)(C)C(C)(C)C)c1ccc(/C=C/C2=CC(=C/C=C/C3=C(C#N)C(=C(C#N)C#N)OC3(c3ccccc3)C(F)(F)F)/C3CC2C3(C)C)cc1. The van der Waals surface area contributed by atoms with Crippen LogP contribution < -0.4 is 4.90 Å². The minimum Gasteiger partial charge on any atom is -0.465 e. The topological polar surface area (TPSA) is 93.1 Å². The zero-order valence-corrected chi connectivity index (χ0v) is 33.9. The van der Waals surface area contributed by atoms with Crippen LogP contribution in [0, 0.1) is 51.2 Å². The maximum absolute atomic E-state index is 15.2. The first-order chi connectivity index (χ1) is 25.9. The van der Waals surface area contributed by atoms with Gasteiger partial charge in [-0.3, -0.25) is 0 Å². The number of halogens is 3. The molecule has 1 saturated carbocycles. The molecular weight excluding hydrogens is 714 g/mol. The molecule has 286 valence electrons. The largest absolute Gasteiger partial charge is 0.465 e. The highest BCUT2D eigenvalue weighted by atomic mass is 28.4.